The van der Waals surface area contributed by atoms with Crippen LogP contribution < -0.4 is 10.1 Å². The molecule has 1 N–H and O–H groups in total. The zero-order valence-corrected chi connectivity index (χ0v) is 13.8. The van der Waals surface area contributed by atoms with Crippen molar-refractivity contribution in [2.45, 2.75) is 37.7 Å². The molecule has 1 heterocycles. The first-order valence-electron chi connectivity index (χ1n) is 7.51. The molecular formula is C16H25NO3S. The van der Waals surface area contributed by atoms with E-state index in [0.717, 1.165) is 30.9 Å². The Balaban J connectivity index is 2.09. The van der Waals surface area contributed by atoms with E-state index in [1.165, 1.54) is 0 Å². The van der Waals surface area contributed by atoms with Gasteiger partial charge in [-0.15, -0.1) is 0 Å². The second-order valence-corrected chi connectivity index (χ2v) is 7.04. The van der Waals surface area contributed by atoms with Gasteiger partial charge in [-0.05, 0) is 37.6 Å². The molecule has 0 amide bonds. The number of nitrogens with one attached hydrogen (secondary N) is 1. The summed E-state index contributed by atoms with van der Waals surface area (Å²) in [6.07, 6.45) is 0.989. The van der Waals surface area contributed by atoms with Crippen molar-refractivity contribution < 1.29 is 13.7 Å². The summed E-state index contributed by atoms with van der Waals surface area (Å²) in [7, 11) is 0.769. The lowest BCUT2D eigenvalue weighted by atomic mass is 10.1. The second-order valence-electron chi connectivity index (χ2n) is 5.34. The van der Waals surface area contributed by atoms with Gasteiger partial charge in [0.25, 0.3) is 0 Å². The fourth-order valence-electron chi connectivity index (χ4n) is 2.72. The number of benzene rings is 1. The molecule has 1 fully saturated rings. The lowest BCUT2D eigenvalue weighted by Crippen LogP contribution is -2.32. The van der Waals surface area contributed by atoms with Crippen LogP contribution in [0.1, 0.15) is 31.9 Å². The maximum absolute atomic E-state index is 12.6. The monoisotopic (exact) mass is 311 g/mol. The molecule has 0 aromatic heterocycles. The van der Waals surface area contributed by atoms with Crippen molar-refractivity contribution in [2.75, 3.05) is 26.0 Å². The van der Waals surface area contributed by atoms with E-state index in [1.807, 2.05) is 25.1 Å². The molecule has 4 atom stereocenters. The van der Waals surface area contributed by atoms with Gasteiger partial charge in [-0.1, -0.05) is 19.1 Å². The molecule has 1 aromatic rings. The topological polar surface area (TPSA) is 47.6 Å². The van der Waals surface area contributed by atoms with Crippen LogP contribution >= 0.6 is 0 Å². The number of methoxy groups -OCH3 is 1. The van der Waals surface area contributed by atoms with Crippen LogP contribution in [0.25, 0.3) is 0 Å². The van der Waals surface area contributed by atoms with Crippen LogP contribution in [0.4, 0.5) is 0 Å². The van der Waals surface area contributed by atoms with Crippen LogP contribution in [-0.2, 0) is 15.5 Å². The summed E-state index contributed by atoms with van der Waals surface area (Å²) in [5.41, 5.74) is 1.12. The minimum atomic E-state index is -0.894. The van der Waals surface area contributed by atoms with Crippen LogP contribution in [0.2, 0.25) is 0 Å². The molecule has 0 bridgehead atoms. The highest BCUT2D eigenvalue weighted by Crippen LogP contribution is 2.24. The highest BCUT2D eigenvalue weighted by atomic mass is 32.2. The quantitative estimate of drug-likeness (QED) is 0.839. The van der Waals surface area contributed by atoms with Crippen molar-refractivity contribution in [3.63, 3.8) is 0 Å². The van der Waals surface area contributed by atoms with Crippen molar-refractivity contribution in [3.05, 3.63) is 29.8 Å². The third kappa shape index (κ3) is 4.28. The fraction of sp³-hybridized carbons (Fsp3) is 0.625. The van der Waals surface area contributed by atoms with E-state index in [-0.39, 0.29) is 17.4 Å². The predicted octanol–water partition coefficient (Wildman–Crippen LogP) is 2.27. The van der Waals surface area contributed by atoms with Crippen molar-refractivity contribution >= 4 is 10.8 Å². The summed E-state index contributed by atoms with van der Waals surface area (Å²) in [4.78, 5) is 0. The van der Waals surface area contributed by atoms with Crippen molar-refractivity contribution in [1.82, 2.24) is 5.32 Å². The van der Waals surface area contributed by atoms with E-state index < -0.39 is 10.8 Å². The van der Waals surface area contributed by atoms with Crippen LogP contribution in [0, 0.1) is 0 Å². The summed E-state index contributed by atoms with van der Waals surface area (Å²) >= 11 is 0. The fourth-order valence-corrected chi connectivity index (χ4v) is 4.47. The molecule has 21 heavy (non-hydrogen) atoms. The summed E-state index contributed by atoms with van der Waals surface area (Å²) in [6, 6.07) is 8.05. The molecule has 4 nitrogen and oxygen atoms in total. The molecule has 118 valence electrons. The summed E-state index contributed by atoms with van der Waals surface area (Å²) in [5, 5.41) is 3.58. The molecule has 5 heteroatoms. The van der Waals surface area contributed by atoms with Gasteiger partial charge in [0.15, 0.2) is 0 Å². The van der Waals surface area contributed by atoms with Crippen molar-refractivity contribution in [2.24, 2.45) is 0 Å². The highest BCUT2D eigenvalue weighted by Gasteiger charge is 2.31. The first-order chi connectivity index (χ1) is 10.2. The summed E-state index contributed by atoms with van der Waals surface area (Å²) in [6.45, 7) is 5.65. The Labute approximate surface area is 129 Å². The normalized spacial score (nSPS) is 24.7. The van der Waals surface area contributed by atoms with Gasteiger partial charge in [0.05, 0.1) is 18.5 Å². The Hall–Kier alpha value is -0.910. The number of hydrogen-bond donors (Lipinski definition) is 1. The molecule has 1 aromatic carbocycles. The first-order valence-corrected chi connectivity index (χ1v) is 8.90. The molecule has 1 saturated heterocycles. The van der Waals surface area contributed by atoms with Gasteiger partial charge in [-0.25, -0.2) is 0 Å². The van der Waals surface area contributed by atoms with Crippen LogP contribution in [0.3, 0.4) is 0 Å². The third-order valence-electron chi connectivity index (χ3n) is 3.92. The van der Waals surface area contributed by atoms with Gasteiger partial charge in [0.2, 0.25) is 0 Å². The van der Waals surface area contributed by atoms with Gasteiger partial charge in [-0.2, -0.15) is 0 Å². The average molecular weight is 311 g/mol. The summed E-state index contributed by atoms with van der Waals surface area (Å²) in [5.74, 6) is 1.44. The Morgan fingerprint density at radius 2 is 2.33 bits per heavy atom. The molecule has 4 unspecified atom stereocenters. The Morgan fingerprint density at radius 1 is 1.52 bits per heavy atom. The lowest BCUT2D eigenvalue weighted by molar-refractivity contribution is 0.127. The smallest absolute Gasteiger partial charge is 0.119 e. The number of ether oxygens (including phenoxy) is 2. The standard InChI is InChI=1S/C16H25NO3S/c1-4-17-15(13-6-5-7-14(10-13)19-3)11-21(18)16-8-9-20-12(16)2/h5-7,10,12,15-17H,4,8-9,11H2,1-3H3. The van der Waals surface area contributed by atoms with Crippen molar-refractivity contribution in [1.29, 1.82) is 0 Å². The van der Waals surface area contributed by atoms with Crippen LogP contribution in [-0.4, -0.2) is 41.6 Å². The molecule has 1 aliphatic rings. The van der Waals surface area contributed by atoms with E-state index in [2.05, 4.69) is 18.3 Å². The SMILES string of the molecule is CCNC(CS(=O)C1CCOC1C)c1cccc(OC)c1. The maximum Gasteiger partial charge on any atom is 0.119 e. The van der Waals surface area contributed by atoms with Crippen molar-refractivity contribution in [3.8, 4) is 5.75 Å². The van der Waals surface area contributed by atoms with E-state index in [4.69, 9.17) is 9.47 Å². The first kappa shape index (κ1) is 16.5. The van der Waals surface area contributed by atoms with Crippen LogP contribution in [0.15, 0.2) is 24.3 Å². The number of rotatable bonds is 7. The van der Waals surface area contributed by atoms with E-state index in [9.17, 15) is 4.21 Å². The second kappa shape index (κ2) is 7.92. The molecular weight excluding hydrogens is 286 g/mol. The van der Waals surface area contributed by atoms with Gasteiger partial charge < -0.3 is 14.8 Å². The van der Waals surface area contributed by atoms with E-state index >= 15 is 0 Å². The van der Waals surface area contributed by atoms with E-state index in [1.54, 1.807) is 7.11 Å². The summed E-state index contributed by atoms with van der Waals surface area (Å²) < 4.78 is 23.4. The maximum atomic E-state index is 12.6. The van der Waals surface area contributed by atoms with Gasteiger partial charge in [-0.3, -0.25) is 4.21 Å². The van der Waals surface area contributed by atoms with Crippen LogP contribution in [0.5, 0.6) is 5.75 Å². The zero-order valence-electron chi connectivity index (χ0n) is 13.0. The van der Waals surface area contributed by atoms with Gasteiger partial charge in [0.1, 0.15) is 5.75 Å². The molecule has 0 saturated carbocycles. The third-order valence-corrected chi connectivity index (χ3v) is 5.88. The Morgan fingerprint density at radius 3 is 2.95 bits per heavy atom. The minimum absolute atomic E-state index is 0.0822. The van der Waals surface area contributed by atoms with Gasteiger partial charge >= 0.3 is 0 Å². The Kier molecular flexibility index (Phi) is 6.21. The largest absolute Gasteiger partial charge is 0.497 e. The average Bonchev–Trinajstić information content (AvgIpc) is 2.93. The molecule has 1 aliphatic heterocycles. The molecule has 0 radical (unpaired) electrons. The lowest BCUT2D eigenvalue weighted by Gasteiger charge is -2.21. The molecule has 0 aliphatic carbocycles. The highest BCUT2D eigenvalue weighted by molar-refractivity contribution is 7.85. The Bertz CT molecular complexity index is 480. The predicted molar refractivity (Wildman–Crippen MR) is 86.2 cm³/mol. The number of hydrogen-bond acceptors (Lipinski definition) is 4. The zero-order chi connectivity index (χ0) is 15.2. The van der Waals surface area contributed by atoms with Gasteiger partial charge in [0, 0.05) is 29.2 Å². The molecule has 2 rings (SSSR count). The van der Waals surface area contributed by atoms with E-state index in [0.29, 0.717) is 5.75 Å². The minimum Gasteiger partial charge on any atom is -0.497 e. The molecule has 0 spiro atoms.